The summed E-state index contributed by atoms with van der Waals surface area (Å²) in [5.74, 6) is -0.0425. The molecule has 7 nitrogen and oxygen atoms in total. The number of ether oxygens (including phenoxy) is 1. The molecule has 1 aliphatic rings. The van der Waals surface area contributed by atoms with Gasteiger partial charge in [-0.3, -0.25) is 4.79 Å². The van der Waals surface area contributed by atoms with Crippen molar-refractivity contribution in [1.29, 1.82) is 0 Å². The maximum atomic E-state index is 14.2. The molecule has 0 unspecified atom stereocenters. The van der Waals surface area contributed by atoms with Crippen LogP contribution >= 0.6 is 0 Å². The first-order valence-electron chi connectivity index (χ1n) is 8.92. The molecule has 28 heavy (non-hydrogen) atoms. The van der Waals surface area contributed by atoms with Gasteiger partial charge in [-0.1, -0.05) is 12.1 Å². The number of nitrogens with zero attached hydrogens (tertiary/aromatic N) is 2. The van der Waals surface area contributed by atoms with E-state index >= 15 is 0 Å². The van der Waals surface area contributed by atoms with Crippen LogP contribution in [0, 0.1) is 5.82 Å². The summed E-state index contributed by atoms with van der Waals surface area (Å²) in [6.45, 7) is 1.40. The van der Waals surface area contributed by atoms with Crippen LogP contribution in [0.4, 0.5) is 10.2 Å². The summed E-state index contributed by atoms with van der Waals surface area (Å²) in [5, 5.41) is 7.47. The van der Waals surface area contributed by atoms with Gasteiger partial charge in [0.2, 0.25) is 0 Å². The molecule has 0 radical (unpaired) electrons. The summed E-state index contributed by atoms with van der Waals surface area (Å²) in [5.41, 5.74) is 7.18. The summed E-state index contributed by atoms with van der Waals surface area (Å²) in [7, 11) is 1.44. The van der Waals surface area contributed by atoms with Crippen LogP contribution in [0.3, 0.4) is 0 Å². The first-order valence-corrected chi connectivity index (χ1v) is 8.92. The second kappa shape index (κ2) is 7.40. The van der Waals surface area contributed by atoms with Crippen molar-refractivity contribution in [3.05, 3.63) is 59.7 Å². The number of halogens is 1. The number of anilines is 1. The third kappa shape index (κ3) is 3.22. The van der Waals surface area contributed by atoms with Gasteiger partial charge in [0.1, 0.15) is 12.1 Å². The van der Waals surface area contributed by atoms with Crippen molar-refractivity contribution in [3.63, 3.8) is 0 Å². The van der Waals surface area contributed by atoms with Gasteiger partial charge in [0.15, 0.2) is 11.6 Å². The number of hydrogen-bond donors (Lipinski definition) is 3. The van der Waals surface area contributed by atoms with Gasteiger partial charge < -0.3 is 21.1 Å². The number of hydrogen-bond acceptors (Lipinski definition) is 6. The molecule has 1 aliphatic heterocycles. The molecule has 1 saturated heterocycles. The van der Waals surface area contributed by atoms with E-state index in [0.717, 1.165) is 5.56 Å². The second-order valence-corrected chi connectivity index (χ2v) is 6.70. The summed E-state index contributed by atoms with van der Waals surface area (Å²) in [6.07, 6.45) is 1.40. The third-order valence-corrected chi connectivity index (χ3v) is 5.07. The van der Waals surface area contributed by atoms with E-state index in [0.29, 0.717) is 35.4 Å². The summed E-state index contributed by atoms with van der Waals surface area (Å²) >= 11 is 0. The van der Waals surface area contributed by atoms with E-state index in [1.165, 1.54) is 19.5 Å². The lowest BCUT2D eigenvalue weighted by atomic mass is 9.94. The summed E-state index contributed by atoms with van der Waals surface area (Å²) in [4.78, 5) is 20.2. The van der Waals surface area contributed by atoms with Crippen molar-refractivity contribution in [1.82, 2.24) is 15.3 Å². The number of fused-ring (bicyclic) bond motifs is 1. The Hall–Kier alpha value is -3.26. The molecule has 2 heterocycles. The molecule has 2 atom stereocenters. The molecular formula is C20H20FN5O2. The van der Waals surface area contributed by atoms with Gasteiger partial charge >= 0.3 is 0 Å². The van der Waals surface area contributed by atoms with Crippen molar-refractivity contribution in [2.24, 2.45) is 5.73 Å². The Labute approximate surface area is 161 Å². The highest BCUT2D eigenvalue weighted by molar-refractivity contribution is 6.06. The van der Waals surface area contributed by atoms with Crippen LogP contribution in [0.2, 0.25) is 0 Å². The zero-order valence-electron chi connectivity index (χ0n) is 15.3. The smallest absolute Gasteiger partial charge is 0.250 e. The van der Waals surface area contributed by atoms with Gasteiger partial charge in [0, 0.05) is 30.4 Å². The lowest BCUT2D eigenvalue weighted by molar-refractivity contribution is 0.100. The molecular weight excluding hydrogens is 361 g/mol. The van der Waals surface area contributed by atoms with Gasteiger partial charge in [-0.05, 0) is 29.8 Å². The fraction of sp³-hybridized carbons (Fsp3) is 0.250. The van der Waals surface area contributed by atoms with E-state index < -0.39 is 5.91 Å². The van der Waals surface area contributed by atoms with Gasteiger partial charge in [0.25, 0.3) is 5.91 Å². The molecule has 0 aliphatic carbocycles. The third-order valence-electron chi connectivity index (χ3n) is 5.07. The summed E-state index contributed by atoms with van der Waals surface area (Å²) in [6, 6.07) is 10.2. The van der Waals surface area contributed by atoms with Crippen LogP contribution in [0.25, 0.3) is 10.9 Å². The predicted molar refractivity (Wildman–Crippen MR) is 104 cm³/mol. The highest BCUT2D eigenvalue weighted by Gasteiger charge is 2.30. The van der Waals surface area contributed by atoms with E-state index in [1.807, 2.05) is 12.1 Å². The predicted octanol–water partition coefficient (Wildman–Crippen LogP) is 2.04. The molecule has 1 amide bonds. The molecule has 144 valence electrons. The number of rotatable bonds is 5. The van der Waals surface area contributed by atoms with Crippen LogP contribution in [0.5, 0.6) is 5.75 Å². The zero-order chi connectivity index (χ0) is 19.7. The van der Waals surface area contributed by atoms with E-state index in [4.69, 9.17) is 10.5 Å². The Balaban J connectivity index is 1.66. The Kier molecular flexibility index (Phi) is 4.79. The molecule has 3 aromatic rings. The molecule has 1 fully saturated rings. The number of benzene rings is 2. The number of amides is 1. The molecule has 4 N–H and O–H groups in total. The highest BCUT2D eigenvalue weighted by atomic mass is 19.1. The monoisotopic (exact) mass is 381 g/mol. The Morgan fingerprint density at radius 2 is 2.14 bits per heavy atom. The fourth-order valence-electron chi connectivity index (χ4n) is 3.67. The molecule has 8 heteroatoms. The SMILES string of the molecule is COc1ccc([C@@H]2CNC[C@H]2Nc2ncnc3c(C(N)=O)cccc23)cc1F. The van der Waals surface area contributed by atoms with E-state index in [-0.39, 0.29) is 23.5 Å². The molecule has 0 bridgehead atoms. The number of primary amides is 1. The topological polar surface area (TPSA) is 102 Å². The van der Waals surface area contributed by atoms with E-state index in [9.17, 15) is 9.18 Å². The van der Waals surface area contributed by atoms with Crippen molar-refractivity contribution in [3.8, 4) is 5.75 Å². The molecule has 2 aromatic carbocycles. The molecule has 0 spiro atoms. The Morgan fingerprint density at radius 3 is 2.89 bits per heavy atom. The lowest BCUT2D eigenvalue weighted by Crippen LogP contribution is -2.28. The summed E-state index contributed by atoms with van der Waals surface area (Å²) < 4.78 is 19.2. The van der Waals surface area contributed by atoms with Crippen molar-refractivity contribution in [2.75, 3.05) is 25.5 Å². The van der Waals surface area contributed by atoms with Crippen LogP contribution in [-0.2, 0) is 0 Å². The average Bonchev–Trinajstić information content (AvgIpc) is 3.15. The van der Waals surface area contributed by atoms with Gasteiger partial charge in [-0.25, -0.2) is 14.4 Å². The number of nitrogens with two attached hydrogens (primary N) is 1. The maximum Gasteiger partial charge on any atom is 0.250 e. The zero-order valence-corrected chi connectivity index (χ0v) is 15.3. The minimum atomic E-state index is -0.538. The standard InChI is InChI=1S/C20H20FN5O2/c1-28-17-6-5-11(7-15(17)21)14-8-23-9-16(14)26-20-13-4-2-3-12(19(22)27)18(13)24-10-25-20/h2-7,10,14,16,23H,8-9H2,1H3,(H2,22,27)(H,24,25,26)/t14-,16+/m0/s1. The number of aromatic nitrogens is 2. The number of methoxy groups -OCH3 is 1. The minimum absolute atomic E-state index is 0.0110. The van der Waals surface area contributed by atoms with E-state index in [2.05, 4.69) is 20.6 Å². The molecule has 4 rings (SSSR count). The average molecular weight is 381 g/mol. The normalized spacial score (nSPS) is 18.9. The van der Waals surface area contributed by atoms with Crippen LogP contribution < -0.4 is 21.1 Å². The lowest BCUT2D eigenvalue weighted by Gasteiger charge is -2.22. The first kappa shape index (κ1) is 18.1. The van der Waals surface area contributed by atoms with Crippen molar-refractivity contribution in [2.45, 2.75) is 12.0 Å². The fourth-order valence-corrected chi connectivity index (χ4v) is 3.67. The second-order valence-electron chi connectivity index (χ2n) is 6.70. The minimum Gasteiger partial charge on any atom is -0.494 e. The van der Waals surface area contributed by atoms with Gasteiger partial charge in [-0.2, -0.15) is 0 Å². The van der Waals surface area contributed by atoms with E-state index in [1.54, 1.807) is 18.2 Å². The maximum absolute atomic E-state index is 14.2. The number of para-hydroxylation sites is 1. The Morgan fingerprint density at radius 1 is 1.29 bits per heavy atom. The number of carbonyl (C=O) groups is 1. The largest absolute Gasteiger partial charge is 0.494 e. The van der Waals surface area contributed by atoms with Crippen molar-refractivity contribution >= 4 is 22.6 Å². The highest BCUT2D eigenvalue weighted by Crippen LogP contribution is 2.30. The molecule has 0 saturated carbocycles. The van der Waals surface area contributed by atoms with Crippen LogP contribution in [0.15, 0.2) is 42.7 Å². The van der Waals surface area contributed by atoms with Crippen LogP contribution in [-0.4, -0.2) is 42.1 Å². The molecule has 1 aromatic heterocycles. The van der Waals surface area contributed by atoms with Crippen molar-refractivity contribution < 1.29 is 13.9 Å². The van der Waals surface area contributed by atoms with Crippen LogP contribution in [0.1, 0.15) is 21.8 Å². The first-order chi connectivity index (χ1) is 13.6. The number of carbonyl (C=O) groups excluding carboxylic acids is 1. The Bertz CT molecular complexity index is 1040. The quantitative estimate of drug-likeness (QED) is 0.625. The van der Waals surface area contributed by atoms with Gasteiger partial charge in [0.05, 0.1) is 18.2 Å². The number of nitrogens with one attached hydrogen (secondary N) is 2. The van der Waals surface area contributed by atoms with Gasteiger partial charge in [-0.15, -0.1) is 0 Å².